The van der Waals surface area contributed by atoms with Gasteiger partial charge in [0.1, 0.15) is 0 Å². The van der Waals surface area contributed by atoms with Crippen molar-refractivity contribution in [3.63, 3.8) is 0 Å². The molecular weight excluding hydrogens is 366 g/mol. The zero-order chi connectivity index (χ0) is 19.6. The number of amides is 1. The Hall–Kier alpha value is -1.89. The van der Waals surface area contributed by atoms with Gasteiger partial charge >= 0.3 is 5.97 Å². The predicted octanol–water partition coefficient (Wildman–Crippen LogP) is 2.15. The second kappa shape index (κ2) is 8.00. The van der Waals surface area contributed by atoms with Gasteiger partial charge in [-0.25, -0.2) is 13.2 Å². The molecule has 0 aromatic heterocycles. The summed E-state index contributed by atoms with van der Waals surface area (Å²) >= 11 is 0. The van der Waals surface area contributed by atoms with Gasteiger partial charge in [0.25, 0.3) is 5.91 Å². The van der Waals surface area contributed by atoms with Crippen LogP contribution in [0.5, 0.6) is 0 Å². The standard InChI is InChI=1S/C20H27NO5S/c1-3-21(18-10-11-27(24,25)13-18)19(22)14(2)26-20(23)17-9-8-15-6-4-5-7-16(15)12-17/h8-9,12,14,18H,3-7,10-11,13H2,1-2H3. The van der Waals surface area contributed by atoms with Crippen molar-refractivity contribution in [1.29, 1.82) is 0 Å². The zero-order valence-electron chi connectivity index (χ0n) is 15.9. The smallest absolute Gasteiger partial charge is 0.338 e. The molecule has 7 heteroatoms. The van der Waals surface area contributed by atoms with Gasteiger partial charge in [-0.3, -0.25) is 4.79 Å². The van der Waals surface area contributed by atoms with Crippen LogP contribution in [-0.2, 0) is 32.2 Å². The summed E-state index contributed by atoms with van der Waals surface area (Å²) in [5.74, 6) is -0.770. The topological polar surface area (TPSA) is 80.8 Å². The molecule has 1 aromatic rings. The maximum absolute atomic E-state index is 12.7. The summed E-state index contributed by atoms with van der Waals surface area (Å²) in [6, 6.07) is 5.26. The summed E-state index contributed by atoms with van der Waals surface area (Å²) in [6.45, 7) is 3.74. The summed E-state index contributed by atoms with van der Waals surface area (Å²) < 4.78 is 28.8. The Bertz CT molecular complexity index is 833. The fourth-order valence-corrected chi connectivity index (χ4v) is 5.72. The highest BCUT2D eigenvalue weighted by atomic mass is 32.2. The molecule has 0 bridgehead atoms. The van der Waals surface area contributed by atoms with Gasteiger partial charge in [0.15, 0.2) is 15.9 Å². The lowest BCUT2D eigenvalue weighted by Crippen LogP contribution is -2.46. The van der Waals surface area contributed by atoms with Gasteiger partial charge in [0, 0.05) is 12.6 Å². The molecule has 0 radical (unpaired) electrons. The van der Waals surface area contributed by atoms with Crippen molar-refractivity contribution in [2.45, 2.75) is 58.1 Å². The van der Waals surface area contributed by atoms with Crippen molar-refractivity contribution in [3.05, 3.63) is 34.9 Å². The van der Waals surface area contributed by atoms with E-state index in [1.807, 2.05) is 12.1 Å². The first kappa shape index (κ1) is 19.9. The van der Waals surface area contributed by atoms with Crippen LogP contribution in [-0.4, -0.2) is 55.4 Å². The van der Waals surface area contributed by atoms with Crippen LogP contribution in [0.25, 0.3) is 0 Å². The number of esters is 1. The number of ether oxygens (including phenoxy) is 1. The maximum Gasteiger partial charge on any atom is 0.338 e. The van der Waals surface area contributed by atoms with E-state index in [0.717, 1.165) is 19.3 Å². The number of aryl methyl sites for hydroxylation is 2. The lowest BCUT2D eigenvalue weighted by molar-refractivity contribution is -0.141. The van der Waals surface area contributed by atoms with E-state index < -0.39 is 21.9 Å². The highest BCUT2D eigenvalue weighted by molar-refractivity contribution is 7.91. The number of hydrogen-bond acceptors (Lipinski definition) is 5. The van der Waals surface area contributed by atoms with Crippen molar-refractivity contribution < 1.29 is 22.7 Å². The van der Waals surface area contributed by atoms with Crippen LogP contribution in [0.1, 0.15) is 54.6 Å². The Morgan fingerprint density at radius 1 is 1.22 bits per heavy atom. The number of fused-ring (bicyclic) bond motifs is 1. The van der Waals surface area contributed by atoms with Gasteiger partial charge in [-0.2, -0.15) is 0 Å². The molecule has 1 saturated heterocycles. The molecule has 3 rings (SSSR count). The summed E-state index contributed by atoms with van der Waals surface area (Å²) in [4.78, 5) is 26.7. The highest BCUT2D eigenvalue weighted by Crippen LogP contribution is 2.23. The first-order chi connectivity index (χ1) is 12.8. The Balaban J connectivity index is 1.65. The maximum atomic E-state index is 12.7. The SMILES string of the molecule is CCN(C(=O)C(C)OC(=O)c1ccc2c(c1)CCCC2)C1CCS(=O)(=O)C1. The van der Waals surface area contributed by atoms with E-state index >= 15 is 0 Å². The third-order valence-electron chi connectivity index (χ3n) is 5.49. The number of hydrogen-bond donors (Lipinski definition) is 0. The minimum absolute atomic E-state index is 0.0158. The third-order valence-corrected chi connectivity index (χ3v) is 7.24. The van der Waals surface area contributed by atoms with Crippen molar-refractivity contribution in [2.75, 3.05) is 18.1 Å². The van der Waals surface area contributed by atoms with Crippen LogP contribution in [0.3, 0.4) is 0 Å². The molecule has 0 spiro atoms. The van der Waals surface area contributed by atoms with Gasteiger partial charge in [-0.05, 0) is 69.2 Å². The molecule has 1 fully saturated rings. The van der Waals surface area contributed by atoms with Crippen LogP contribution in [0.4, 0.5) is 0 Å². The average Bonchev–Trinajstić information content (AvgIpc) is 3.01. The van der Waals surface area contributed by atoms with Gasteiger partial charge in [-0.15, -0.1) is 0 Å². The lowest BCUT2D eigenvalue weighted by atomic mass is 9.90. The van der Waals surface area contributed by atoms with Crippen molar-refractivity contribution in [2.24, 2.45) is 0 Å². The first-order valence-electron chi connectivity index (χ1n) is 9.64. The Labute approximate surface area is 160 Å². The van der Waals surface area contributed by atoms with E-state index in [4.69, 9.17) is 4.74 Å². The van der Waals surface area contributed by atoms with Crippen molar-refractivity contribution >= 4 is 21.7 Å². The number of carbonyl (C=O) groups is 2. The molecule has 2 atom stereocenters. The number of sulfone groups is 1. The normalized spacial score (nSPS) is 21.9. The first-order valence-corrected chi connectivity index (χ1v) is 11.5. The summed E-state index contributed by atoms with van der Waals surface area (Å²) in [6.07, 6.45) is 3.78. The monoisotopic (exact) mass is 393 g/mol. The quantitative estimate of drug-likeness (QED) is 0.716. The molecule has 1 aliphatic heterocycles. The molecule has 1 heterocycles. The van der Waals surface area contributed by atoms with E-state index in [-0.39, 0.29) is 23.5 Å². The van der Waals surface area contributed by atoms with Gasteiger partial charge < -0.3 is 9.64 Å². The van der Waals surface area contributed by atoms with Gasteiger partial charge in [0.05, 0.1) is 17.1 Å². The second-order valence-corrected chi connectivity index (χ2v) is 9.65. The highest BCUT2D eigenvalue weighted by Gasteiger charge is 2.36. The second-order valence-electron chi connectivity index (χ2n) is 7.42. The van der Waals surface area contributed by atoms with Gasteiger partial charge in [0.2, 0.25) is 0 Å². The Morgan fingerprint density at radius 3 is 2.56 bits per heavy atom. The molecule has 2 unspecified atom stereocenters. The van der Waals surface area contributed by atoms with Crippen LogP contribution >= 0.6 is 0 Å². The third kappa shape index (κ3) is 4.51. The lowest BCUT2D eigenvalue weighted by Gasteiger charge is -2.29. The van der Waals surface area contributed by atoms with Crippen molar-refractivity contribution in [1.82, 2.24) is 4.90 Å². The van der Waals surface area contributed by atoms with Crippen molar-refractivity contribution in [3.8, 4) is 0 Å². The molecule has 1 aromatic carbocycles. The molecule has 1 amide bonds. The van der Waals surface area contributed by atoms with Crippen LogP contribution in [0.15, 0.2) is 18.2 Å². The van der Waals surface area contributed by atoms with E-state index in [9.17, 15) is 18.0 Å². The summed E-state index contributed by atoms with van der Waals surface area (Å²) in [5, 5.41) is 0. The fraction of sp³-hybridized carbons (Fsp3) is 0.600. The molecule has 27 heavy (non-hydrogen) atoms. The van der Waals surface area contributed by atoms with Crippen LogP contribution in [0.2, 0.25) is 0 Å². The van der Waals surface area contributed by atoms with E-state index in [0.29, 0.717) is 18.5 Å². The molecule has 2 aliphatic rings. The summed E-state index contributed by atoms with van der Waals surface area (Å²) in [7, 11) is -3.09. The molecular formula is C20H27NO5S. The average molecular weight is 394 g/mol. The molecule has 148 valence electrons. The van der Waals surface area contributed by atoms with E-state index in [1.54, 1.807) is 19.9 Å². The predicted molar refractivity (Wildman–Crippen MR) is 102 cm³/mol. The number of benzene rings is 1. The van der Waals surface area contributed by atoms with E-state index in [1.165, 1.54) is 22.4 Å². The minimum Gasteiger partial charge on any atom is -0.449 e. The molecule has 0 N–H and O–H groups in total. The van der Waals surface area contributed by atoms with E-state index in [2.05, 4.69) is 0 Å². The minimum atomic E-state index is -3.09. The van der Waals surface area contributed by atoms with Crippen LogP contribution < -0.4 is 0 Å². The Kier molecular flexibility index (Phi) is 5.89. The molecule has 1 aliphatic carbocycles. The van der Waals surface area contributed by atoms with Crippen LogP contribution in [0, 0.1) is 0 Å². The summed E-state index contributed by atoms with van der Waals surface area (Å²) in [5.41, 5.74) is 2.92. The molecule has 0 saturated carbocycles. The number of rotatable bonds is 5. The molecule has 6 nitrogen and oxygen atoms in total. The number of carbonyl (C=O) groups excluding carboxylic acids is 2. The number of likely N-dealkylation sites (N-methyl/N-ethyl adjacent to an activating group) is 1. The fourth-order valence-electron chi connectivity index (χ4n) is 3.99. The largest absolute Gasteiger partial charge is 0.449 e. The van der Waals surface area contributed by atoms with Gasteiger partial charge in [-0.1, -0.05) is 6.07 Å². The number of nitrogens with zero attached hydrogens (tertiary/aromatic N) is 1. The Morgan fingerprint density at radius 2 is 1.93 bits per heavy atom. The zero-order valence-corrected chi connectivity index (χ0v) is 16.8.